The highest BCUT2D eigenvalue weighted by Gasteiger charge is 2.16. The Bertz CT molecular complexity index is 590. The van der Waals surface area contributed by atoms with Crippen molar-refractivity contribution in [3.05, 3.63) is 21.3 Å². The second-order valence-corrected chi connectivity index (χ2v) is 5.85. The van der Waals surface area contributed by atoms with Crippen molar-refractivity contribution in [3.8, 4) is 11.5 Å². The Labute approximate surface area is 134 Å². The molecule has 1 fully saturated rings. The molecule has 0 radical (unpaired) electrons. The normalized spacial score (nSPS) is 16.8. The first kappa shape index (κ1) is 15.1. The lowest BCUT2D eigenvalue weighted by atomic mass is 10.2. The summed E-state index contributed by atoms with van der Waals surface area (Å²) in [6.07, 6.45) is 1.60. The van der Waals surface area contributed by atoms with Crippen molar-refractivity contribution >= 4 is 51.6 Å². The molecule has 2 rings (SSSR count). The molecule has 0 aromatic heterocycles. The van der Waals surface area contributed by atoms with Crippen LogP contribution in [-0.4, -0.2) is 37.3 Å². The van der Waals surface area contributed by atoms with Crippen LogP contribution in [0.15, 0.2) is 22.3 Å². The zero-order valence-corrected chi connectivity index (χ0v) is 13.8. The molecule has 1 saturated heterocycles. The number of thioether (sulfide) groups is 1. The van der Waals surface area contributed by atoms with E-state index in [9.17, 15) is 4.79 Å². The van der Waals surface area contributed by atoms with Crippen molar-refractivity contribution in [1.29, 1.82) is 0 Å². The number of amides is 1. The third kappa shape index (κ3) is 3.63. The highest BCUT2D eigenvalue weighted by atomic mass is 127. The van der Waals surface area contributed by atoms with Crippen molar-refractivity contribution in [2.75, 3.05) is 20.0 Å². The molecule has 0 aliphatic carbocycles. The first-order valence-corrected chi connectivity index (χ1v) is 7.65. The van der Waals surface area contributed by atoms with Crippen LogP contribution in [-0.2, 0) is 4.79 Å². The Hall–Kier alpha value is -1.29. The molecule has 1 amide bonds. The molecule has 0 unspecified atom stereocenters. The number of ether oxygens (including phenoxy) is 2. The van der Waals surface area contributed by atoms with Gasteiger partial charge in [0.05, 0.1) is 29.8 Å². The summed E-state index contributed by atoms with van der Waals surface area (Å²) in [5, 5.41) is 11.0. The Morgan fingerprint density at radius 2 is 2.20 bits per heavy atom. The number of amidine groups is 1. The standard InChI is InChI=1S/C12H12IN3O3S/c1-18-9-4-7(3-8(13)11(9)19-2)5-14-16-12-15-10(17)6-20-12/h3-5H,6H2,1-2H3,(H,15,16,17). The van der Waals surface area contributed by atoms with Crippen molar-refractivity contribution in [2.24, 2.45) is 10.2 Å². The fraction of sp³-hybridized carbons (Fsp3) is 0.250. The van der Waals surface area contributed by atoms with E-state index in [4.69, 9.17) is 9.47 Å². The Morgan fingerprint density at radius 1 is 1.40 bits per heavy atom. The van der Waals surface area contributed by atoms with Crippen LogP contribution in [0.1, 0.15) is 5.56 Å². The van der Waals surface area contributed by atoms with Gasteiger partial charge >= 0.3 is 0 Å². The zero-order valence-electron chi connectivity index (χ0n) is 10.8. The number of benzene rings is 1. The van der Waals surface area contributed by atoms with Crippen molar-refractivity contribution in [3.63, 3.8) is 0 Å². The Balaban J connectivity index is 2.17. The van der Waals surface area contributed by atoms with Crippen LogP contribution >= 0.6 is 34.4 Å². The van der Waals surface area contributed by atoms with E-state index in [1.54, 1.807) is 20.4 Å². The third-order valence-electron chi connectivity index (χ3n) is 2.40. The topological polar surface area (TPSA) is 72.3 Å². The molecule has 1 aromatic rings. The maximum Gasteiger partial charge on any atom is 0.236 e. The Morgan fingerprint density at radius 3 is 2.80 bits per heavy atom. The highest BCUT2D eigenvalue weighted by Crippen LogP contribution is 2.33. The van der Waals surface area contributed by atoms with Gasteiger partial charge < -0.3 is 14.8 Å². The van der Waals surface area contributed by atoms with Crippen LogP contribution in [0.4, 0.5) is 0 Å². The molecular formula is C12H12IN3O3S. The molecule has 0 bridgehead atoms. The van der Waals surface area contributed by atoms with Gasteiger partial charge in [0.25, 0.3) is 0 Å². The van der Waals surface area contributed by atoms with E-state index < -0.39 is 0 Å². The minimum Gasteiger partial charge on any atom is -0.493 e. The molecule has 8 heteroatoms. The summed E-state index contributed by atoms with van der Waals surface area (Å²) in [5.74, 6) is 1.67. The summed E-state index contributed by atoms with van der Waals surface area (Å²) in [4.78, 5) is 11.0. The molecule has 1 heterocycles. The largest absolute Gasteiger partial charge is 0.493 e. The highest BCUT2D eigenvalue weighted by molar-refractivity contribution is 14.1. The van der Waals surface area contributed by atoms with Gasteiger partial charge in [-0.25, -0.2) is 0 Å². The second kappa shape index (κ2) is 6.93. The second-order valence-electron chi connectivity index (χ2n) is 3.72. The van der Waals surface area contributed by atoms with E-state index in [-0.39, 0.29) is 5.91 Å². The number of halogens is 1. The van der Waals surface area contributed by atoms with Gasteiger partial charge in [0.15, 0.2) is 16.7 Å². The van der Waals surface area contributed by atoms with E-state index in [1.165, 1.54) is 11.8 Å². The molecule has 1 aliphatic rings. The van der Waals surface area contributed by atoms with Crippen LogP contribution in [0, 0.1) is 3.57 Å². The van der Waals surface area contributed by atoms with Gasteiger partial charge in [-0.3, -0.25) is 4.79 Å². The van der Waals surface area contributed by atoms with Gasteiger partial charge in [0.2, 0.25) is 5.91 Å². The van der Waals surface area contributed by atoms with Gasteiger partial charge in [-0.2, -0.15) is 5.10 Å². The quantitative estimate of drug-likeness (QED) is 0.472. The lowest BCUT2D eigenvalue weighted by Gasteiger charge is -2.09. The minimum absolute atomic E-state index is 0.0513. The molecular weight excluding hydrogens is 393 g/mol. The number of hydrogen-bond donors (Lipinski definition) is 1. The number of nitrogens with one attached hydrogen (secondary N) is 1. The fourth-order valence-electron chi connectivity index (χ4n) is 1.54. The number of methoxy groups -OCH3 is 2. The first-order valence-electron chi connectivity index (χ1n) is 5.59. The summed E-state index contributed by atoms with van der Waals surface area (Å²) >= 11 is 3.50. The maximum atomic E-state index is 11.0. The van der Waals surface area contributed by atoms with Crippen LogP contribution < -0.4 is 14.8 Å². The number of rotatable bonds is 4. The van der Waals surface area contributed by atoms with Crippen LogP contribution in [0.5, 0.6) is 11.5 Å². The molecule has 0 atom stereocenters. The zero-order chi connectivity index (χ0) is 14.5. The van der Waals surface area contributed by atoms with E-state index in [0.29, 0.717) is 22.4 Å². The number of hydrogen-bond acceptors (Lipinski definition) is 6. The fourth-order valence-corrected chi connectivity index (χ4v) is 3.02. The minimum atomic E-state index is -0.0513. The average molecular weight is 405 g/mol. The predicted octanol–water partition coefficient (Wildman–Crippen LogP) is 1.86. The smallest absolute Gasteiger partial charge is 0.236 e. The van der Waals surface area contributed by atoms with E-state index >= 15 is 0 Å². The van der Waals surface area contributed by atoms with Gasteiger partial charge in [-0.15, -0.1) is 5.10 Å². The van der Waals surface area contributed by atoms with E-state index in [0.717, 1.165) is 9.13 Å². The SMILES string of the molecule is COc1cc(C=NN=C2NC(=O)CS2)cc(I)c1OC. The molecule has 0 saturated carbocycles. The summed E-state index contributed by atoms with van der Waals surface area (Å²) < 4.78 is 11.4. The molecule has 1 N–H and O–H groups in total. The third-order valence-corrected chi connectivity index (χ3v) is 4.06. The number of nitrogens with zero attached hydrogens (tertiary/aromatic N) is 2. The maximum absolute atomic E-state index is 11.0. The molecule has 1 aromatic carbocycles. The number of carbonyl (C=O) groups is 1. The van der Waals surface area contributed by atoms with Crippen molar-refractivity contribution in [2.45, 2.75) is 0 Å². The van der Waals surface area contributed by atoms with E-state index in [2.05, 4.69) is 38.1 Å². The lowest BCUT2D eigenvalue weighted by molar-refractivity contribution is -0.116. The molecule has 1 aliphatic heterocycles. The summed E-state index contributed by atoms with van der Waals surface area (Å²) in [6.45, 7) is 0. The van der Waals surface area contributed by atoms with Gasteiger partial charge in [0, 0.05) is 0 Å². The van der Waals surface area contributed by atoms with Gasteiger partial charge in [0.1, 0.15) is 0 Å². The predicted molar refractivity (Wildman–Crippen MR) is 87.9 cm³/mol. The molecule has 0 spiro atoms. The van der Waals surface area contributed by atoms with Crippen LogP contribution in [0.2, 0.25) is 0 Å². The summed E-state index contributed by atoms with van der Waals surface area (Å²) in [6, 6.07) is 3.72. The van der Waals surface area contributed by atoms with Gasteiger partial charge in [-0.1, -0.05) is 11.8 Å². The molecule has 20 heavy (non-hydrogen) atoms. The van der Waals surface area contributed by atoms with Crippen LogP contribution in [0.25, 0.3) is 0 Å². The molecule has 6 nitrogen and oxygen atoms in total. The average Bonchev–Trinajstić information content (AvgIpc) is 2.83. The lowest BCUT2D eigenvalue weighted by Crippen LogP contribution is -2.19. The number of carbonyl (C=O) groups excluding carboxylic acids is 1. The monoisotopic (exact) mass is 405 g/mol. The summed E-state index contributed by atoms with van der Waals surface area (Å²) in [5.41, 5.74) is 0.839. The van der Waals surface area contributed by atoms with Gasteiger partial charge in [-0.05, 0) is 40.3 Å². The van der Waals surface area contributed by atoms with E-state index in [1.807, 2.05) is 12.1 Å². The van der Waals surface area contributed by atoms with Crippen molar-refractivity contribution in [1.82, 2.24) is 5.32 Å². The Kier molecular flexibility index (Phi) is 5.24. The van der Waals surface area contributed by atoms with Crippen LogP contribution in [0.3, 0.4) is 0 Å². The van der Waals surface area contributed by atoms with Crippen molar-refractivity contribution < 1.29 is 14.3 Å². The molecule has 106 valence electrons. The first-order chi connectivity index (χ1) is 9.63. The summed E-state index contributed by atoms with van der Waals surface area (Å²) in [7, 11) is 3.18.